The quantitative estimate of drug-likeness (QED) is 0.744. The zero-order chi connectivity index (χ0) is 14.7. The highest BCUT2D eigenvalue weighted by molar-refractivity contribution is 5.80. The lowest BCUT2D eigenvalue weighted by molar-refractivity contribution is -0.144. The van der Waals surface area contributed by atoms with Crippen molar-refractivity contribution in [3.8, 4) is 0 Å². The van der Waals surface area contributed by atoms with E-state index in [4.69, 9.17) is 5.11 Å². The highest BCUT2D eigenvalue weighted by Crippen LogP contribution is 2.18. The van der Waals surface area contributed by atoms with Crippen molar-refractivity contribution in [1.82, 2.24) is 9.80 Å². The normalized spacial score (nSPS) is 24.2. The first-order valence-electron chi connectivity index (χ1n) is 6.70. The van der Waals surface area contributed by atoms with Crippen LogP contribution in [0.3, 0.4) is 0 Å². The number of aliphatic hydroxyl groups excluding tert-OH is 1. The lowest BCUT2D eigenvalue weighted by Crippen LogP contribution is -2.49. The number of rotatable bonds is 5. The Kier molecular flexibility index (Phi) is 5.31. The van der Waals surface area contributed by atoms with Crippen LogP contribution in [0.4, 0.5) is 0 Å². The number of hydrogen-bond donors (Lipinski definition) is 2. The average Bonchev–Trinajstić information content (AvgIpc) is 2.57. The Bertz CT molecular complexity index is 336. The summed E-state index contributed by atoms with van der Waals surface area (Å²) in [5, 5.41) is 18.7. The molecule has 2 atom stereocenters. The van der Waals surface area contributed by atoms with Crippen molar-refractivity contribution < 1.29 is 19.8 Å². The largest absolute Gasteiger partial charge is 0.480 e. The van der Waals surface area contributed by atoms with E-state index in [-0.39, 0.29) is 37.5 Å². The fourth-order valence-corrected chi connectivity index (χ4v) is 2.74. The molecule has 1 amide bonds. The van der Waals surface area contributed by atoms with Gasteiger partial charge < -0.3 is 15.1 Å². The average molecular weight is 272 g/mol. The Morgan fingerprint density at radius 1 is 1.26 bits per heavy atom. The van der Waals surface area contributed by atoms with Gasteiger partial charge in [-0.2, -0.15) is 0 Å². The third-order valence-corrected chi connectivity index (χ3v) is 3.41. The number of carbonyl (C=O) groups is 2. The summed E-state index contributed by atoms with van der Waals surface area (Å²) >= 11 is 0. The second-order valence-corrected chi connectivity index (χ2v) is 5.66. The van der Waals surface area contributed by atoms with Crippen LogP contribution in [-0.2, 0) is 9.59 Å². The topological polar surface area (TPSA) is 81.1 Å². The molecule has 0 aromatic heterocycles. The molecule has 1 rings (SSSR count). The van der Waals surface area contributed by atoms with Gasteiger partial charge in [0.25, 0.3) is 0 Å². The van der Waals surface area contributed by atoms with E-state index < -0.39 is 18.1 Å². The molecule has 0 spiro atoms. The smallest absolute Gasteiger partial charge is 0.321 e. The minimum atomic E-state index is -0.981. The summed E-state index contributed by atoms with van der Waals surface area (Å²) in [5.74, 6) is -1.07. The van der Waals surface area contributed by atoms with Gasteiger partial charge in [-0.05, 0) is 27.7 Å². The van der Waals surface area contributed by atoms with E-state index >= 15 is 0 Å². The maximum absolute atomic E-state index is 12.3. The molecular weight excluding hydrogens is 248 g/mol. The Balaban J connectivity index is 2.72. The number of likely N-dealkylation sites (tertiary alicyclic amines) is 1. The van der Waals surface area contributed by atoms with Gasteiger partial charge in [0.15, 0.2) is 0 Å². The van der Waals surface area contributed by atoms with Crippen molar-refractivity contribution in [3.63, 3.8) is 0 Å². The number of amides is 1. The SMILES string of the molecule is CC(C)N(C(=O)CN1CC(O)CC1C(=O)O)C(C)C. The monoisotopic (exact) mass is 272 g/mol. The van der Waals surface area contributed by atoms with Crippen molar-refractivity contribution in [2.75, 3.05) is 13.1 Å². The molecular formula is C13H24N2O4. The highest BCUT2D eigenvalue weighted by Gasteiger charge is 2.37. The Morgan fingerprint density at radius 2 is 1.79 bits per heavy atom. The zero-order valence-corrected chi connectivity index (χ0v) is 12.0. The molecule has 2 unspecified atom stereocenters. The maximum atomic E-state index is 12.3. The maximum Gasteiger partial charge on any atom is 0.321 e. The van der Waals surface area contributed by atoms with Crippen LogP contribution >= 0.6 is 0 Å². The Hall–Kier alpha value is -1.14. The second-order valence-electron chi connectivity index (χ2n) is 5.66. The molecule has 1 fully saturated rings. The highest BCUT2D eigenvalue weighted by atomic mass is 16.4. The van der Waals surface area contributed by atoms with Crippen LogP contribution in [0.2, 0.25) is 0 Å². The van der Waals surface area contributed by atoms with Crippen LogP contribution in [0, 0.1) is 0 Å². The molecule has 2 N–H and O–H groups in total. The molecule has 1 aliphatic heterocycles. The summed E-state index contributed by atoms with van der Waals surface area (Å²) in [6.45, 7) is 8.03. The third kappa shape index (κ3) is 3.91. The number of nitrogens with zero attached hydrogens (tertiary/aromatic N) is 2. The first kappa shape index (κ1) is 15.9. The fourth-order valence-electron chi connectivity index (χ4n) is 2.74. The number of carboxylic acid groups (broad SMARTS) is 1. The van der Waals surface area contributed by atoms with Gasteiger partial charge in [-0.3, -0.25) is 14.5 Å². The molecule has 6 nitrogen and oxygen atoms in total. The molecule has 0 aromatic rings. The number of aliphatic carboxylic acids is 1. The zero-order valence-electron chi connectivity index (χ0n) is 12.0. The molecule has 6 heteroatoms. The van der Waals surface area contributed by atoms with Crippen LogP contribution in [0.15, 0.2) is 0 Å². The van der Waals surface area contributed by atoms with Crippen molar-refractivity contribution in [3.05, 3.63) is 0 Å². The van der Waals surface area contributed by atoms with Crippen molar-refractivity contribution in [2.45, 2.75) is 58.3 Å². The lowest BCUT2D eigenvalue weighted by atomic mass is 10.2. The first-order valence-corrected chi connectivity index (χ1v) is 6.70. The molecule has 1 saturated heterocycles. The van der Waals surface area contributed by atoms with E-state index in [9.17, 15) is 14.7 Å². The van der Waals surface area contributed by atoms with Crippen molar-refractivity contribution in [2.24, 2.45) is 0 Å². The summed E-state index contributed by atoms with van der Waals surface area (Å²) in [6, 6.07) is -0.619. The van der Waals surface area contributed by atoms with Crippen LogP contribution in [0.1, 0.15) is 34.1 Å². The first-order chi connectivity index (χ1) is 8.73. The van der Waals surface area contributed by atoms with E-state index in [0.717, 1.165) is 0 Å². The summed E-state index contributed by atoms with van der Waals surface area (Å²) in [7, 11) is 0. The van der Waals surface area contributed by atoms with Gasteiger partial charge in [0.05, 0.1) is 12.6 Å². The van der Waals surface area contributed by atoms with Crippen molar-refractivity contribution >= 4 is 11.9 Å². The summed E-state index contributed by atoms with van der Waals surface area (Å²) in [5.41, 5.74) is 0. The minimum absolute atomic E-state index is 0.0460. The van der Waals surface area contributed by atoms with Gasteiger partial charge in [0.2, 0.25) is 5.91 Å². The van der Waals surface area contributed by atoms with Gasteiger partial charge in [0, 0.05) is 25.0 Å². The molecule has 19 heavy (non-hydrogen) atoms. The summed E-state index contributed by atoms with van der Waals surface area (Å²) in [4.78, 5) is 26.7. The van der Waals surface area contributed by atoms with Gasteiger partial charge in [-0.25, -0.2) is 0 Å². The molecule has 0 bridgehead atoms. The van der Waals surface area contributed by atoms with Crippen LogP contribution < -0.4 is 0 Å². The van der Waals surface area contributed by atoms with E-state index in [1.807, 2.05) is 27.7 Å². The van der Waals surface area contributed by atoms with Gasteiger partial charge >= 0.3 is 5.97 Å². The summed E-state index contributed by atoms with van der Waals surface area (Å²) < 4.78 is 0. The lowest BCUT2D eigenvalue weighted by Gasteiger charge is -2.33. The van der Waals surface area contributed by atoms with Crippen LogP contribution in [-0.4, -0.2) is 69.2 Å². The predicted octanol–water partition coefficient (Wildman–Crippen LogP) is 0.152. The van der Waals surface area contributed by atoms with Crippen LogP contribution in [0.5, 0.6) is 0 Å². The molecule has 1 heterocycles. The minimum Gasteiger partial charge on any atom is -0.480 e. The number of aliphatic hydroxyl groups is 1. The Labute approximate surface area is 114 Å². The van der Waals surface area contributed by atoms with Gasteiger partial charge in [0.1, 0.15) is 6.04 Å². The van der Waals surface area contributed by atoms with Crippen molar-refractivity contribution in [1.29, 1.82) is 0 Å². The van der Waals surface area contributed by atoms with E-state index in [0.29, 0.717) is 0 Å². The number of carbonyl (C=O) groups excluding carboxylic acids is 1. The Morgan fingerprint density at radius 3 is 2.21 bits per heavy atom. The molecule has 0 aromatic carbocycles. The van der Waals surface area contributed by atoms with E-state index in [2.05, 4.69) is 0 Å². The van der Waals surface area contributed by atoms with Crippen LogP contribution in [0.25, 0.3) is 0 Å². The third-order valence-electron chi connectivity index (χ3n) is 3.41. The molecule has 1 aliphatic rings. The fraction of sp³-hybridized carbons (Fsp3) is 0.846. The molecule has 0 saturated carbocycles. The number of hydrogen-bond acceptors (Lipinski definition) is 4. The second kappa shape index (κ2) is 6.34. The number of carboxylic acids is 1. The molecule has 0 radical (unpaired) electrons. The summed E-state index contributed by atoms with van der Waals surface area (Å²) in [6.07, 6.45) is -0.480. The van der Waals surface area contributed by atoms with Gasteiger partial charge in [-0.1, -0.05) is 0 Å². The number of β-amino-alcohol motifs (C(OH)–C–C–N with tert-alkyl or cyclic N) is 1. The standard InChI is InChI=1S/C13H24N2O4/c1-8(2)15(9(3)4)12(17)7-14-6-10(16)5-11(14)13(18)19/h8-11,16H,5-7H2,1-4H3,(H,18,19). The molecule has 0 aliphatic carbocycles. The van der Waals surface area contributed by atoms with Gasteiger partial charge in [-0.15, -0.1) is 0 Å². The van der Waals surface area contributed by atoms with E-state index in [1.165, 1.54) is 0 Å². The predicted molar refractivity (Wildman–Crippen MR) is 70.7 cm³/mol. The molecule has 110 valence electrons. The van der Waals surface area contributed by atoms with E-state index in [1.54, 1.807) is 9.80 Å².